The van der Waals surface area contributed by atoms with Crippen molar-refractivity contribution < 1.29 is 4.74 Å². The molecular formula is C11H23NOS. The summed E-state index contributed by atoms with van der Waals surface area (Å²) in [5, 5.41) is 3.41. The van der Waals surface area contributed by atoms with Gasteiger partial charge in [-0.15, -0.1) is 0 Å². The molecule has 1 N–H and O–H groups in total. The molecule has 1 aliphatic rings. The minimum atomic E-state index is 0.0472. The number of ether oxygens (including phenoxy) is 1. The molecule has 1 heterocycles. The summed E-state index contributed by atoms with van der Waals surface area (Å²) in [6.07, 6.45) is 2.44. The van der Waals surface area contributed by atoms with Crippen molar-refractivity contribution in [2.24, 2.45) is 5.92 Å². The fraction of sp³-hybridized carbons (Fsp3) is 1.00. The Hall–Kier alpha value is 0.270. The number of hydrogen-bond donors (Lipinski definition) is 1. The number of methoxy groups -OCH3 is 1. The summed E-state index contributed by atoms with van der Waals surface area (Å²) >= 11 is 2.07. The molecule has 0 aromatic rings. The normalized spacial score (nSPS) is 28.3. The van der Waals surface area contributed by atoms with Gasteiger partial charge in [-0.2, -0.15) is 11.8 Å². The van der Waals surface area contributed by atoms with E-state index in [2.05, 4.69) is 38.0 Å². The van der Waals surface area contributed by atoms with Crippen molar-refractivity contribution in [2.75, 3.05) is 25.7 Å². The lowest BCUT2D eigenvalue weighted by atomic mass is 9.92. The van der Waals surface area contributed by atoms with Crippen molar-refractivity contribution in [3.63, 3.8) is 0 Å². The lowest BCUT2D eigenvalue weighted by molar-refractivity contribution is 0.0104. The predicted octanol–water partition coefficient (Wildman–Crippen LogP) is 2.14. The summed E-state index contributed by atoms with van der Waals surface area (Å²) in [7, 11) is 3.88. The third-order valence-corrected chi connectivity index (χ3v) is 4.50. The highest BCUT2D eigenvalue weighted by molar-refractivity contribution is 7.99. The smallest absolute Gasteiger partial charge is 0.0622 e. The van der Waals surface area contributed by atoms with Gasteiger partial charge in [-0.05, 0) is 45.4 Å². The Bertz CT molecular complexity index is 173. The molecular weight excluding hydrogens is 194 g/mol. The molecule has 0 radical (unpaired) electrons. The van der Waals surface area contributed by atoms with Crippen molar-refractivity contribution in [1.82, 2.24) is 5.32 Å². The van der Waals surface area contributed by atoms with Gasteiger partial charge in [0, 0.05) is 18.9 Å². The van der Waals surface area contributed by atoms with Crippen molar-refractivity contribution in [2.45, 2.75) is 38.3 Å². The number of nitrogens with one attached hydrogen (secondary N) is 1. The molecule has 0 saturated carbocycles. The molecule has 1 rings (SSSR count). The van der Waals surface area contributed by atoms with E-state index in [-0.39, 0.29) is 5.60 Å². The maximum absolute atomic E-state index is 5.44. The van der Waals surface area contributed by atoms with Crippen LogP contribution in [0.3, 0.4) is 0 Å². The van der Waals surface area contributed by atoms with Crippen LogP contribution in [-0.4, -0.2) is 37.3 Å². The van der Waals surface area contributed by atoms with Crippen LogP contribution in [0.2, 0.25) is 0 Å². The number of thioether (sulfide) groups is 1. The van der Waals surface area contributed by atoms with Gasteiger partial charge >= 0.3 is 0 Å². The molecule has 2 nitrogen and oxygen atoms in total. The minimum absolute atomic E-state index is 0.0472. The van der Waals surface area contributed by atoms with Gasteiger partial charge in [0.25, 0.3) is 0 Å². The van der Waals surface area contributed by atoms with Gasteiger partial charge in [0.1, 0.15) is 0 Å². The first kappa shape index (κ1) is 12.3. The summed E-state index contributed by atoms with van der Waals surface area (Å²) < 4.78 is 5.44. The van der Waals surface area contributed by atoms with E-state index in [9.17, 15) is 0 Å². The lowest BCUT2D eigenvalue weighted by Crippen LogP contribution is -2.34. The van der Waals surface area contributed by atoms with Crippen molar-refractivity contribution in [3.8, 4) is 0 Å². The largest absolute Gasteiger partial charge is 0.379 e. The second-order valence-corrected chi connectivity index (χ2v) is 5.77. The Kier molecular flexibility index (Phi) is 4.74. The highest BCUT2D eigenvalue weighted by Crippen LogP contribution is 2.30. The highest BCUT2D eigenvalue weighted by atomic mass is 32.2. The first-order chi connectivity index (χ1) is 6.59. The van der Waals surface area contributed by atoms with E-state index in [1.54, 1.807) is 7.11 Å². The number of hydrogen-bond acceptors (Lipinski definition) is 3. The Morgan fingerprint density at radius 2 is 2.14 bits per heavy atom. The van der Waals surface area contributed by atoms with Crippen LogP contribution < -0.4 is 5.32 Å². The third-order valence-electron chi connectivity index (χ3n) is 3.24. The van der Waals surface area contributed by atoms with Crippen LogP contribution >= 0.6 is 11.8 Å². The molecule has 2 atom stereocenters. The van der Waals surface area contributed by atoms with Gasteiger partial charge in [0.2, 0.25) is 0 Å². The monoisotopic (exact) mass is 217 g/mol. The molecule has 14 heavy (non-hydrogen) atoms. The van der Waals surface area contributed by atoms with Gasteiger partial charge in [0.05, 0.1) is 5.60 Å². The summed E-state index contributed by atoms with van der Waals surface area (Å²) in [5.41, 5.74) is 0.0472. The van der Waals surface area contributed by atoms with Gasteiger partial charge < -0.3 is 10.1 Å². The molecule has 0 aromatic heterocycles. The van der Waals surface area contributed by atoms with E-state index < -0.39 is 0 Å². The molecule has 1 aliphatic heterocycles. The average molecular weight is 217 g/mol. The van der Waals surface area contributed by atoms with Crippen molar-refractivity contribution in [3.05, 3.63) is 0 Å². The van der Waals surface area contributed by atoms with Crippen molar-refractivity contribution >= 4 is 11.8 Å². The van der Waals surface area contributed by atoms with E-state index in [1.165, 1.54) is 17.9 Å². The van der Waals surface area contributed by atoms with E-state index in [1.807, 2.05) is 0 Å². The van der Waals surface area contributed by atoms with Crippen LogP contribution in [0.4, 0.5) is 0 Å². The van der Waals surface area contributed by atoms with E-state index >= 15 is 0 Å². The molecule has 84 valence electrons. The topological polar surface area (TPSA) is 21.3 Å². The maximum atomic E-state index is 5.44. The zero-order valence-corrected chi connectivity index (χ0v) is 10.6. The molecule has 2 unspecified atom stereocenters. The quantitative estimate of drug-likeness (QED) is 0.762. The summed E-state index contributed by atoms with van der Waals surface area (Å²) in [5.74, 6) is 3.42. The van der Waals surface area contributed by atoms with Gasteiger partial charge in [-0.1, -0.05) is 0 Å². The van der Waals surface area contributed by atoms with Crippen LogP contribution in [0.5, 0.6) is 0 Å². The average Bonchev–Trinajstić information content (AvgIpc) is 2.62. The highest BCUT2D eigenvalue weighted by Gasteiger charge is 2.28. The number of rotatable bonds is 5. The SMILES string of the molecule is CNC1CSCC1CCC(C)(C)OC. The summed E-state index contributed by atoms with van der Waals surface area (Å²) in [6.45, 7) is 4.34. The molecule has 0 aliphatic carbocycles. The zero-order chi connectivity index (χ0) is 10.6. The molecule has 0 amide bonds. The van der Waals surface area contributed by atoms with E-state index in [0.29, 0.717) is 6.04 Å². The standard InChI is InChI=1S/C11H23NOS/c1-11(2,13-4)6-5-9-7-14-8-10(9)12-3/h9-10,12H,5-8H2,1-4H3. The Morgan fingerprint density at radius 1 is 1.43 bits per heavy atom. The van der Waals surface area contributed by atoms with Gasteiger partial charge in [-0.25, -0.2) is 0 Å². The lowest BCUT2D eigenvalue weighted by Gasteiger charge is -2.26. The van der Waals surface area contributed by atoms with Crippen LogP contribution in [0.1, 0.15) is 26.7 Å². The second-order valence-electron chi connectivity index (χ2n) is 4.70. The first-order valence-electron chi connectivity index (χ1n) is 5.39. The van der Waals surface area contributed by atoms with Crippen LogP contribution in [0.25, 0.3) is 0 Å². The van der Waals surface area contributed by atoms with Gasteiger partial charge in [0.15, 0.2) is 0 Å². The third kappa shape index (κ3) is 3.44. The van der Waals surface area contributed by atoms with Crippen LogP contribution in [0, 0.1) is 5.92 Å². The Balaban J connectivity index is 2.30. The molecule has 0 bridgehead atoms. The second kappa shape index (κ2) is 5.38. The van der Waals surface area contributed by atoms with Gasteiger partial charge in [-0.3, -0.25) is 0 Å². The molecule has 0 spiro atoms. The molecule has 1 saturated heterocycles. The van der Waals surface area contributed by atoms with Crippen LogP contribution in [-0.2, 0) is 4.74 Å². The van der Waals surface area contributed by atoms with Crippen molar-refractivity contribution in [1.29, 1.82) is 0 Å². The fourth-order valence-electron chi connectivity index (χ4n) is 1.84. The zero-order valence-electron chi connectivity index (χ0n) is 9.80. The summed E-state index contributed by atoms with van der Waals surface area (Å²) in [6, 6.07) is 0.715. The molecule has 3 heteroatoms. The fourth-order valence-corrected chi connectivity index (χ4v) is 3.37. The van der Waals surface area contributed by atoms with E-state index in [4.69, 9.17) is 4.74 Å². The Labute approximate surface area is 92.2 Å². The predicted molar refractivity (Wildman–Crippen MR) is 64.0 cm³/mol. The minimum Gasteiger partial charge on any atom is -0.379 e. The summed E-state index contributed by atoms with van der Waals surface area (Å²) in [4.78, 5) is 0. The maximum Gasteiger partial charge on any atom is 0.0622 e. The molecule has 0 aromatic carbocycles. The Morgan fingerprint density at radius 3 is 2.71 bits per heavy atom. The van der Waals surface area contributed by atoms with E-state index in [0.717, 1.165) is 12.3 Å². The first-order valence-corrected chi connectivity index (χ1v) is 6.54. The van der Waals surface area contributed by atoms with Crippen LogP contribution in [0.15, 0.2) is 0 Å². The molecule has 1 fully saturated rings.